The molecule has 2 heterocycles. The van der Waals surface area contributed by atoms with E-state index in [2.05, 4.69) is 20.5 Å². The molecule has 1 atom stereocenters. The molecule has 0 aliphatic carbocycles. The number of aromatic nitrogens is 1. The van der Waals surface area contributed by atoms with E-state index in [-0.39, 0.29) is 23.7 Å². The van der Waals surface area contributed by atoms with Gasteiger partial charge in [0.15, 0.2) is 0 Å². The zero-order valence-electron chi connectivity index (χ0n) is 16.1. The van der Waals surface area contributed by atoms with Crippen LogP contribution in [0.2, 0.25) is 0 Å². The number of amides is 2. The van der Waals surface area contributed by atoms with E-state index >= 15 is 0 Å². The number of aryl methyl sites for hydroxylation is 1. The van der Waals surface area contributed by atoms with Gasteiger partial charge in [0, 0.05) is 38.0 Å². The Labute approximate surface area is 151 Å². The number of pyridine rings is 1. The van der Waals surface area contributed by atoms with Crippen molar-refractivity contribution in [3.8, 4) is 0 Å². The molecule has 0 aromatic carbocycles. The smallest absolute Gasteiger partial charge is 0.315 e. The number of carbonyl (C=O) groups excluding carboxylic acids is 1. The normalized spacial score (nSPS) is 17.2. The highest BCUT2D eigenvalue weighted by atomic mass is 16.5. The average molecular weight is 348 g/mol. The van der Waals surface area contributed by atoms with Crippen LogP contribution in [0.1, 0.15) is 45.7 Å². The second-order valence-electron chi connectivity index (χ2n) is 7.59. The SMILES string of the molecule is COC(C)(C)C[C@@H](C)NC(=O)NC1CCN(c2cccc(C)n2)CC1. The van der Waals surface area contributed by atoms with Crippen molar-refractivity contribution in [2.45, 2.75) is 64.6 Å². The van der Waals surface area contributed by atoms with Gasteiger partial charge < -0.3 is 20.3 Å². The summed E-state index contributed by atoms with van der Waals surface area (Å²) in [4.78, 5) is 19.1. The van der Waals surface area contributed by atoms with Crippen LogP contribution in [0.25, 0.3) is 0 Å². The number of rotatable bonds is 6. The number of hydrogen-bond acceptors (Lipinski definition) is 4. The third-order valence-electron chi connectivity index (χ3n) is 4.76. The number of nitrogens with one attached hydrogen (secondary N) is 2. The van der Waals surface area contributed by atoms with Crippen LogP contribution in [0.4, 0.5) is 10.6 Å². The maximum absolute atomic E-state index is 12.2. The summed E-state index contributed by atoms with van der Waals surface area (Å²) in [6.45, 7) is 9.89. The summed E-state index contributed by atoms with van der Waals surface area (Å²) >= 11 is 0. The van der Waals surface area contributed by atoms with Gasteiger partial charge in [0.2, 0.25) is 0 Å². The molecule has 2 rings (SSSR count). The topological polar surface area (TPSA) is 66.5 Å². The number of hydrogen-bond donors (Lipinski definition) is 2. The van der Waals surface area contributed by atoms with Crippen molar-refractivity contribution in [3.63, 3.8) is 0 Å². The Morgan fingerprint density at radius 3 is 2.68 bits per heavy atom. The monoisotopic (exact) mass is 348 g/mol. The summed E-state index contributed by atoms with van der Waals surface area (Å²) in [7, 11) is 1.70. The zero-order chi connectivity index (χ0) is 18.4. The predicted molar refractivity (Wildman–Crippen MR) is 101 cm³/mol. The van der Waals surface area contributed by atoms with Gasteiger partial charge >= 0.3 is 6.03 Å². The molecule has 0 radical (unpaired) electrons. The van der Waals surface area contributed by atoms with Crippen molar-refractivity contribution in [1.82, 2.24) is 15.6 Å². The number of anilines is 1. The van der Waals surface area contributed by atoms with E-state index in [1.165, 1.54) is 0 Å². The van der Waals surface area contributed by atoms with Crippen LogP contribution in [-0.2, 0) is 4.74 Å². The highest BCUT2D eigenvalue weighted by Gasteiger charge is 2.24. The van der Waals surface area contributed by atoms with E-state index in [0.29, 0.717) is 0 Å². The van der Waals surface area contributed by atoms with Gasteiger partial charge in [0.1, 0.15) is 5.82 Å². The molecule has 6 nitrogen and oxygen atoms in total. The molecule has 0 spiro atoms. The van der Waals surface area contributed by atoms with Crippen molar-refractivity contribution in [2.24, 2.45) is 0 Å². The molecule has 2 amide bonds. The molecular weight excluding hydrogens is 316 g/mol. The van der Waals surface area contributed by atoms with Crippen molar-refractivity contribution in [3.05, 3.63) is 23.9 Å². The predicted octanol–water partition coefficient (Wildman–Crippen LogP) is 2.86. The zero-order valence-corrected chi connectivity index (χ0v) is 16.1. The summed E-state index contributed by atoms with van der Waals surface area (Å²) in [5, 5.41) is 6.11. The van der Waals surface area contributed by atoms with Crippen LogP contribution >= 0.6 is 0 Å². The Bertz CT molecular complexity index is 568. The van der Waals surface area contributed by atoms with Crippen LogP contribution in [0.15, 0.2) is 18.2 Å². The molecular formula is C19H32N4O2. The minimum Gasteiger partial charge on any atom is -0.379 e. The fourth-order valence-corrected chi connectivity index (χ4v) is 3.28. The van der Waals surface area contributed by atoms with Gasteiger partial charge in [-0.3, -0.25) is 0 Å². The Balaban J connectivity index is 1.75. The minimum atomic E-state index is -0.237. The Hall–Kier alpha value is -1.82. The number of carbonyl (C=O) groups is 1. The molecule has 1 fully saturated rings. The van der Waals surface area contributed by atoms with Gasteiger partial charge in [0.05, 0.1) is 5.60 Å². The molecule has 6 heteroatoms. The summed E-state index contributed by atoms with van der Waals surface area (Å²) in [5.41, 5.74) is 0.795. The third kappa shape index (κ3) is 6.20. The Kier molecular flexibility index (Phi) is 6.64. The number of urea groups is 1. The Morgan fingerprint density at radius 1 is 1.40 bits per heavy atom. The van der Waals surface area contributed by atoms with E-state index in [1.807, 2.05) is 45.9 Å². The first-order chi connectivity index (χ1) is 11.8. The molecule has 1 aliphatic heterocycles. The van der Waals surface area contributed by atoms with E-state index in [9.17, 15) is 4.79 Å². The second-order valence-corrected chi connectivity index (χ2v) is 7.59. The lowest BCUT2D eigenvalue weighted by molar-refractivity contribution is 0.00948. The van der Waals surface area contributed by atoms with Crippen LogP contribution < -0.4 is 15.5 Å². The first kappa shape index (κ1) is 19.5. The van der Waals surface area contributed by atoms with Gasteiger partial charge in [-0.15, -0.1) is 0 Å². The number of methoxy groups -OCH3 is 1. The van der Waals surface area contributed by atoms with Crippen molar-refractivity contribution in [1.29, 1.82) is 0 Å². The highest BCUT2D eigenvalue weighted by Crippen LogP contribution is 2.18. The van der Waals surface area contributed by atoms with E-state index in [1.54, 1.807) is 7.11 Å². The van der Waals surface area contributed by atoms with Gasteiger partial charge in [0.25, 0.3) is 0 Å². The molecule has 1 aromatic rings. The van der Waals surface area contributed by atoms with Gasteiger partial charge in [-0.25, -0.2) is 9.78 Å². The fourth-order valence-electron chi connectivity index (χ4n) is 3.28. The molecule has 2 N–H and O–H groups in total. The lowest BCUT2D eigenvalue weighted by atomic mass is 10.00. The first-order valence-electron chi connectivity index (χ1n) is 9.10. The highest BCUT2D eigenvalue weighted by molar-refractivity contribution is 5.74. The van der Waals surface area contributed by atoms with Gasteiger partial charge in [-0.2, -0.15) is 0 Å². The van der Waals surface area contributed by atoms with E-state index in [4.69, 9.17) is 4.74 Å². The molecule has 25 heavy (non-hydrogen) atoms. The third-order valence-corrected chi connectivity index (χ3v) is 4.76. The maximum atomic E-state index is 12.2. The van der Waals surface area contributed by atoms with Crippen molar-refractivity contribution in [2.75, 3.05) is 25.1 Å². The molecule has 1 aliphatic rings. The lowest BCUT2D eigenvalue weighted by Crippen LogP contribution is -2.50. The van der Waals surface area contributed by atoms with E-state index < -0.39 is 0 Å². The summed E-state index contributed by atoms with van der Waals surface area (Å²) in [6.07, 6.45) is 2.64. The van der Waals surface area contributed by atoms with Gasteiger partial charge in [-0.1, -0.05) is 6.07 Å². The Morgan fingerprint density at radius 2 is 2.08 bits per heavy atom. The largest absolute Gasteiger partial charge is 0.379 e. The first-order valence-corrected chi connectivity index (χ1v) is 9.10. The lowest BCUT2D eigenvalue weighted by Gasteiger charge is -2.33. The van der Waals surface area contributed by atoms with Crippen molar-refractivity contribution < 1.29 is 9.53 Å². The minimum absolute atomic E-state index is 0.0616. The van der Waals surface area contributed by atoms with E-state index in [0.717, 1.165) is 43.9 Å². The molecule has 0 unspecified atom stereocenters. The molecule has 140 valence electrons. The van der Waals surface area contributed by atoms with Crippen molar-refractivity contribution >= 4 is 11.8 Å². The molecule has 0 bridgehead atoms. The summed E-state index contributed by atoms with van der Waals surface area (Å²) in [5.74, 6) is 1.03. The standard InChI is InChI=1S/C19H32N4O2/c1-14-7-6-8-17(20-14)23-11-9-16(10-12-23)22-18(24)21-15(2)13-19(3,4)25-5/h6-8,15-16H,9-13H2,1-5H3,(H2,21,22,24)/t15-/m1/s1. The maximum Gasteiger partial charge on any atom is 0.315 e. The summed E-state index contributed by atoms with van der Waals surface area (Å²) in [6, 6.07) is 6.28. The number of piperidine rings is 1. The van der Waals surface area contributed by atoms with Crippen LogP contribution in [0, 0.1) is 6.92 Å². The van der Waals surface area contributed by atoms with Crippen LogP contribution in [0.5, 0.6) is 0 Å². The average Bonchev–Trinajstić information content (AvgIpc) is 2.54. The number of ether oxygens (including phenoxy) is 1. The summed E-state index contributed by atoms with van der Waals surface area (Å²) < 4.78 is 5.42. The second kappa shape index (κ2) is 8.52. The van der Waals surface area contributed by atoms with Crippen LogP contribution in [-0.4, -0.2) is 48.9 Å². The molecule has 1 aromatic heterocycles. The fraction of sp³-hybridized carbons (Fsp3) is 0.684. The number of nitrogens with zero attached hydrogens (tertiary/aromatic N) is 2. The van der Waals surface area contributed by atoms with Crippen LogP contribution in [0.3, 0.4) is 0 Å². The molecule has 0 saturated carbocycles. The quantitative estimate of drug-likeness (QED) is 0.830. The molecule has 1 saturated heterocycles. The van der Waals surface area contributed by atoms with Gasteiger partial charge in [-0.05, 0) is 59.1 Å².